The van der Waals surface area contributed by atoms with Gasteiger partial charge in [0.15, 0.2) is 0 Å². The van der Waals surface area contributed by atoms with Crippen LogP contribution < -0.4 is 5.01 Å². The average Bonchev–Trinajstić information content (AvgIpc) is 3.24. The van der Waals surface area contributed by atoms with Crippen LogP contribution in [0.3, 0.4) is 0 Å². The van der Waals surface area contributed by atoms with Gasteiger partial charge in [0.25, 0.3) is 5.91 Å². The van der Waals surface area contributed by atoms with E-state index in [9.17, 15) is 9.59 Å². The third-order valence-electron chi connectivity index (χ3n) is 5.59. The summed E-state index contributed by atoms with van der Waals surface area (Å²) in [6.45, 7) is 8.50. The monoisotopic (exact) mass is 442 g/mol. The zero-order chi connectivity index (χ0) is 23.5. The summed E-state index contributed by atoms with van der Waals surface area (Å²) in [5.74, 6) is -0.610. The van der Waals surface area contributed by atoms with E-state index in [1.54, 1.807) is 31.2 Å². The van der Waals surface area contributed by atoms with E-state index in [4.69, 9.17) is 4.74 Å². The Labute approximate surface area is 193 Å². The summed E-state index contributed by atoms with van der Waals surface area (Å²) in [5, 5.41) is 10.5. The molecule has 7 heteroatoms. The number of esters is 1. The molecule has 0 N–H and O–H groups in total. The molecular weight excluding hydrogens is 416 g/mol. The normalized spacial score (nSPS) is 14.7. The number of aryl methyl sites for hydroxylation is 1. The largest absolute Gasteiger partial charge is 0.462 e. The van der Waals surface area contributed by atoms with Crippen LogP contribution in [0.2, 0.25) is 0 Å². The Morgan fingerprint density at radius 1 is 1.03 bits per heavy atom. The van der Waals surface area contributed by atoms with Gasteiger partial charge < -0.3 is 4.74 Å². The number of aromatic nitrogens is 2. The molecule has 1 aromatic heterocycles. The number of benzene rings is 2. The Bertz CT molecular complexity index is 1250. The predicted octanol–water partition coefficient (Wildman–Crippen LogP) is 4.53. The minimum Gasteiger partial charge on any atom is -0.462 e. The van der Waals surface area contributed by atoms with E-state index in [2.05, 4.69) is 22.3 Å². The lowest BCUT2D eigenvalue weighted by Gasteiger charge is -2.12. The van der Waals surface area contributed by atoms with Gasteiger partial charge in [0.1, 0.15) is 0 Å². The van der Waals surface area contributed by atoms with Crippen LogP contribution in [-0.2, 0) is 16.1 Å². The number of hydrogen-bond donors (Lipinski definition) is 0. The van der Waals surface area contributed by atoms with E-state index in [1.165, 1.54) is 5.01 Å². The predicted molar refractivity (Wildman–Crippen MR) is 128 cm³/mol. The number of hydrogen-bond acceptors (Lipinski definition) is 5. The summed E-state index contributed by atoms with van der Waals surface area (Å²) >= 11 is 0. The Balaban J connectivity index is 1.59. The van der Waals surface area contributed by atoms with Crippen molar-refractivity contribution in [2.75, 3.05) is 11.6 Å². The summed E-state index contributed by atoms with van der Waals surface area (Å²) in [4.78, 5) is 25.1. The summed E-state index contributed by atoms with van der Waals surface area (Å²) in [7, 11) is 0. The first kappa shape index (κ1) is 22.2. The molecule has 0 spiro atoms. The molecule has 0 saturated carbocycles. The first-order valence-corrected chi connectivity index (χ1v) is 10.9. The van der Waals surface area contributed by atoms with Crippen LogP contribution in [0.1, 0.15) is 46.7 Å². The van der Waals surface area contributed by atoms with Crippen molar-refractivity contribution < 1.29 is 14.3 Å². The molecule has 4 rings (SSSR count). The maximum atomic E-state index is 13.2. The lowest BCUT2D eigenvalue weighted by atomic mass is 10.1. The maximum absolute atomic E-state index is 13.2. The molecule has 0 unspecified atom stereocenters. The topological polar surface area (TPSA) is 76.8 Å². The van der Waals surface area contributed by atoms with Crippen LogP contribution in [0.15, 0.2) is 65.3 Å². The van der Waals surface area contributed by atoms with E-state index < -0.39 is 5.97 Å². The van der Waals surface area contributed by atoms with Gasteiger partial charge in [-0.15, -0.1) is 0 Å². The van der Waals surface area contributed by atoms with E-state index in [-0.39, 0.29) is 5.91 Å². The zero-order valence-corrected chi connectivity index (χ0v) is 19.2. The van der Waals surface area contributed by atoms with E-state index in [0.29, 0.717) is 35.7 Å². The third-order valence-corrected chi connectivity index (χ3v) is 5.59. The Hall–Kier alpha value is -4.00. The van der Waals surface area contributed by atoms with Crippen molar-refractivity contribution in [3.05, 3.63) is 88.2 Å². The smallest absolute Gasteiger partial charge is 0.338 e. The number of amides is 1. The van der Waals surface area contributed by atoms with Gasteiger partial charge in [0.05, 0.1) is 41.4 Å². The first-order valence-electron chi connectivity index (χ1n) is 10.9. The minimum atomic E-state index is -0.393. The van der Waals surface area contributed by atoms with Crippen molar-refractivity contribution in [2.45, 2.75) is 34.2 Å². The van der Waals surface area contributed by atoms with Gasteiger partial charge in [-0.1, -0.05) is 30.3 Å². The molecular formula is C26H26N4O3. The fourth-order valence-electron chi connectivity index (χ4n) is 3.79. The van der Waals surface area contributed by atoms with Crippen molar-refractivity contribution in [2.24, 2.45) is 5.10 Å². The summed E-state index contributed by atoms with van der Waals surface area (Å²) < 4.78 is 6.97. The highest BCUT2D eigenvalue weighted by molar-refractivity contribution is 6.32. The zero-order valence-electron chi connectivity index (χ0n) is 19.2. The Morgan fingerprint density at radius 2 is 1.73 bits per heavy atom. The van der Waals surface area contributed by atoms with E-state index in [0.717, 1.165) is 22.5 Å². The second kappa shape index (κ2) is 9.24. The lowest BCUT2D eigenvalue weighted by Crippen LogP contribution is -2.21. The molecule has 7 nitrogen and oxygen atoms in total. The second-order valence-corrected chi connectivity index (χ2v) is 7.86. The Kier molecular flexibility index (Phi) is 6.22. The molecule has 0 fully saturated rings. The molecule has 0 atom stereocenters. The number of hydrazone groups is 1. The van der Waals surface area contributed by atoms with Crippen LogP contribution in [0, 0.1) is 13.8 Å². The van der Waals surface area contributed by atoms with Gasteiger partial charge in [-0.05, 0) is 63.6 Å². The number of carbonyl (C=O) groups excluding carboxylic acids is 2. The van der Waals surface area contributed by atoms with Crippen molar-refractivity contribution in [3.8, 4) is 0 Å². The standard InChI is InChI=1S/C26H26N4O3/c1-5-33-26(32)21-11-13-22(14-12-21)30-25(31)24(18(3)28-30)15-23-17(2)27-29(19(23)4)16-20-9-7-6-8-10-20/h6-15H,5,16H2,1-4H3/b24-15+. The molecule has 1 aliphatic rings. The average molecular weight is 443 g/mol. The summed E-state index contributed by atoms with van der Waals surface area (Å²) in [6, 6.07) is 16.8. The molecule has 3 aromatic rings. The van der Waals surface area contributed by atoms with Crippen LogP contribution in [-0.4, -0.2) is 34.0 Å². The third kappa shape index (κ3) is 4.48. The quantitative estimate of drug-likeness (QED) is 0.415. The SMILES string of the molecule is CCOC(=O)c1ccc(N2N=C(C)/C(=C\c3c(C)nn(Cc4ccccc4)c3C)C2=O)cc1. The van der Waals surface area contributed by atoms with E-state index in [1.807, 2.05) is 49.7 Å². The number of carbonyl (C=O) groups is 2. The molecule has 0 saturated heterocycles. The molecule has 2 heterocycles. The first-order chi connectivity index (χ1) is 15.9. The van der Waals surface area contributed by atoms with Gasteiger partial charge in [-0.25, -0.2) is 4.79 Å². The fraction of sp³-hybridized carbons (Fsp3) is 0.231. The highest BCUT2D eigenvalue weighted by Gasteiger charge is 2.29. The van der Waals surface area contributed by atoms with Crippen LogP contribution in [0.25, 0.3) is 6.08 Å². The molecule has 33 heavy (non-hydrogen) atoms. The van der Waals surface area contributed by atoms with Gasteiger partial charge in [0.2, 0.25) is 0 Å². The van der Waals surface area contributed by atoms with Crippen molar-refractivity contribution in [3.63, 3.8) is 0 Å². The van der Waals surface area contributed by atoms with Gasteiger partial charge in [-0.2, -0.15) is 15.2 Å². The second-order valence-electron chi connectivity index (χ2n) is 7.86. The maximum Gasteiger partial charge on any atom is 0.338 e. The van der Waals surface area contributed by atoms with Crippen molar-refractivity contribution >= 4 is 29.4 Å². The van der Waals surface area contributed by atoms with Gasteiger partial charge in [0, 0.05) is 11.3 Å². The molecule has 0 radical (unpaired) electrons. The van der Waals surface area contributed by atoms with Gasteiger partial charge in [-0.3, -0.25) is 9.48 Å². The number of nitrogens with zero attached hydrogens (tertiary/aromatic N) is 4. The number of rotatable bonds is 6. The summed E-state index contributed by atoms with van der Waals surface area (Å²) in [6.07, 6.45) is 1.87. The van der Waals surface area contributed by atoms with E-state index >= 15 is 0 Å². The molecule has 2 aromatic carbocycles. The highest BCUT2D eigenvalue weighted by Crippen LogP contribution is 2.27. The molecule has 0 aliphatic carbocycles. The Morgan fingerprint density at radius 3 is 2.39 bits per heavy atom. The molecule has 168 valence electrons. The molecule has 1 aliphatic heterocycles. The fourth-order valence-corrected chi connectivity index (χ4v) is 3.79. The van der Waals surface area contributed by atoms with Crippen LogP contribution >= 0.6 is 0 Å². The highest BCUT2D eigenvalue weighted by atomic mass is 16.5. The van der Waals surface area contributed by atoms with Crippen molar-refractivity contribution in [1.82, 2.24) is 9.78 Å². The summed E-state index contributed by atoms with van der Waals surface area (Å²) in [5.41, 5.74) is 6.09. The lowest BCUT2D eigenvalue weighted by molar-refractivity contribution is -0.114. The number of anilines is 1. The van der Waals surface area contributed by atoms with Crippen LogP contribution in [0.4, 0.5) is 5.69 Å². The van der Waals surface area contributed by atoms with Crippen LogP contribution in [0.5, 0.6) is 0 Å². The van der Waals surface area contributed by atoms with Crippen molar-refractivity contribution in [1.29, 1.82) is 0 Å². The minimum absolute atomic E-state index is 0.217. The molecule has 0 bridgehead atoms. The molecule has 1 amide bonds. The number of ether oxygens (including phenoxy) is 1. The van der Waals surface area contributed by atoms with Gasteiger partial charge >= 0.3 is 5.97 Å².